The normalized spacial score (nSPS) is 15.3. The van der Waals surface area contributed by atoms with Gasteiger partial charge >= 0.3 is 29.8 Å². The number of nitrogens with one attached hydrogen (secondary N) is 2. The maximum atomic E-state index is 13.7. The number of H-pyrrole nitrogens is 1. The smallest absolute Gasteiger partial charge is 0.340 e. The Bertz CT molecular complexity index is 3620. The van der Waals surface area contributed by atoms with E-state index in [1.807, 2.05) is 24.3 Å². The van der Waals surface area contributed by atoms with Crippen LogP contribution in [0.3, 0.4) is 0 Å². The number of carbonyl (C=O) groups excluding carboxylic acids is 7. The van der Waals surface area contributed by atoms with Gasteiger partial charge in [-0.05, 0) is 71.8 Å². The number of esters is 5. The quantitative estimate of drug-likeness (QED) is 0.0206. The van der Waals surface area contributed by atoms with E-state index in [4.69, 9.17) is 54.2 Å². The molecule has 22 nitrogen and oxygen atoms in total. The number of nitrogens with zero attached hydrogens (tertiary/aromatic N) is 4. The summed E-state index contributed by atoms with van der Waals surface area (Å²) in [4.78, 5) is 96.9. The van der Waals surface area contributed by atoms with Gasteiger partial charge in [-0.15, -0.1) is 16.7 Å². The number of hydrogen-bond donors (Lipinski definition) is 2. The van der Waals surface area contributed by atoms with Gasteiger partial charge in [0.1, 0.15) is 47.2 Å². The van der Waals surface area contributed by atoms with Gasteiger partial charge in [-0.2, -0.15) is 0 Å². The van der Waals surface area contributed by atoms with Crippen LogP contribution < -0.4 is 19.5 Å². The average Bonchev–Trinajstić information content (AvgIpc) is 3.81. The summed E-state index contributed by atoms with van der Waals surface area (Å²) in [5.41, 5.74) is 3.95. The highest BCUT2D eigenvalue weighted by Crippen LogP contribution is 2.57. The second-order valence-corrected chi connectivity index (χ2v) is 21.1. The molecule has 5 heterocycles. The first-order valence-corrected chi connectivity index (χ1v) is 28.1. The molecule has 3 aliphatic heterocycles. The third-order valence-corrected chi connectivity index (χ3v) is 14.8. The molecule has 3 aliphatic rings. The molecule has 10 rings (SSSR count). The van der Waals surface area contributed by atoms with Gasteiger partial charge in [0.25, 0.3) is 5.91 Å². The number of alkyl halides is 1. The van der Waals surface area contributed by atoms with Crippen molar-refractivity contribution in [3.63, 3.8) is 0 Å². The van der Waals surface area contributed by atoms with E-state index >= 15 is 0 Å². The summed E-state index contributed by atoms with van der Waals surface area (Å²) >= 11 is 6.09. The van der Waals surface area contributed by atoms with Gasteiger partial charge < -0.3 is 57.8 Å². The Kier molecular flexibility index (Phi) is 18.0. The Morgan fingerprint density at radius 2 is 1.40 bits per heavy atom. The van der Waals surface area contributed by atoms with E-state index in [0.717, 1.165) is 22.2 Å². The zero-order valence-corrected chi connectivity index (χ0v) is 47.9. The summed E-state index contributed by atoms with van der Waals surface area (Å²) in [6.07, 6.45) is 1.89. The predicted molar refractivity (Wildman–Crippen MR) is 303 cm³/mol. The summed E-state index contributed by atoms with van der Waals surface area (Å²) in [7, 11) is 1.28. The minimum Gasteiger partial charge on any atom is -0.467 e. The van der Waals surface area contributed by atoms with E-state index < -0.39 is 71.2 Å². The lowest BCUT2D eigenvalue weighted by Crippen LogP contribution is -2.52. The van der Waals surface area contributed by atoms with Crippen LogP contribution in [-0.2, 0) is 72.8 Å². The molecule has 2 N–H and O–H groups in total. The Balaban J connectivity index is 0.652. The Morgan fingerprint density at radius 3 is 2.05 bits per heavy atom. The van der Waals surface area contributed by atoms with Crippen LogP contribution in [0.5, 0.6) is 23.0 Å². The molecule has 0 aliphatic carbocycles. The molecule has 2 atom stereocenters. The average molecular weight is 1180 g/mol. The van der Waals surface area contributed by atoms with Crippen LogP contribution in [0.15, 0.2) is 109 Å². The molecule has 0 fully saturated rings. The molecule has 2 aromatic heterocycles. The zero-order chi connectivity index (χ0) is 59.9. The number of aromatic amines is 1. The molecule has 5 aromatic carbocycles. The molecule has 0 saturated carbocycles. The zero-order valence-electron chi connectivity index (χ0n) is 47.2. The second-order valence-electron chi connectivity index (χ2n) is 20.8. The van der Waals surface area contributed by atoms with Crippen molar-refractivity contribution >= 4 is 64.2 Å². The number of halogens is 1. The largest absolute Gasteiger partial charge is 0.467 e. The van der Waals surface area contributed by atoms with Gasteiger partial charge in [0.05, 0.1) is 88.5 Å². The Hall–Kier alpha value is -8.96. The molecule has 442 valence electrons. The number of fused-ring (bicyclic) bond motifs is 9. The first kappa shape index (κ1) is 59.2. The van der Waals surface area contributed by atoms with Crippen molar-refractivity contribution in [2.45, 2.75) is 65.0 Å². The van der Waals surface area contributed by atoms with E-state index in [1.54, 1.807) is 93.2 Å². The van der Waals surface area contributed by atoms with Crippen LogP contribution in [0.1, 0.15) is 104 Å². The van der Waals surface area contributed by atoms with Crippen LogP contribution in [0.25, 0.3) is 10.9 Å². The molecule has 2 amide bonds. The van der Waals surface area contributed by atoms with Crippen molar-refractivity contribution in [1.82, 2.24) is 30.2 Å². The van der Waals surface area contributed by atoms with E-state index in [-0.39, 0.29) is 85.0 Å². The fourth-order valence-corrected chi connectivity index (χ4v) is 10.5. The number of aromatic nitrogens is 4. The van der Waals surface area contributed by atoms with Gasteiger partial charge in [0.2, 0.25) is 5.91 Å². The third kappa shape index (κ3) is 12.5. The number of carbonyl (C=O) groups is 7. The molecule has 7 aromatic rings. The van der Waals surface area contributed by atoms with Crippen molar-refractivity contribution in [2.75, 3.05) is 59.2 Å². The van der Waals surface area contributed by atoms with Crippen LogP contribution in [0, 0.1) is 11.8 Å². The van der Waals surface area contributed by atoms with Crippen molar-refractivity contribution < 1.29 is 76.2 Å². The molecule has 0 bridgehead atoms. The highest BCUT2D eigenvalue weighted by Gasteiger charge is 2.54. The number of methoxy groups -OCH3 is 1. The van der Waals surface area contributed by atoms with Gasteiger partial charge in [-0.25, -0.2) is 19.1 Å². The fraction of sp³-hybridized carbons (Fsp3) is 0.339. The number of ether oxygens (including phenoxy) is 9. The molecule has 1 spiro atoms. The Labute approximate surface area is 492 Å². The lowest BCUT2D eigenvalue weighted by Gasteiger charge is -2.40. The molecule has 23 heteroatoms. The summed E-state index contributed by atoms with van der Waals surface area (Å²) in [6, 6.07) is 26.9. The topological polar surface area (TPSA) is 264 Å². The van der Waals surface area contributed by atoms with E-state index in [9.17, 15) is 33.6 Å². The van der Waals surface area contributed by atoms with E-state index in [2.05, 4.69) is 20.6 Å². The van der Waals surface area contributed by atoms with E-state index in [0.29, 0.717) is 54.3 Å². The molecule has 0 radical (unpaired) electrons. The van der Waals surface area contributed by atoms with Crippen molar-refractivity contribution in [1.29, 1.82) is 0 Å². The number of para-hydroxylation sites is 1. The van der Waals surface area contributed by atoms with Crippen LogP contribution >= 0.6 is 11.6 Å². The molecular weight excluding hydrogens is 1120 g/mol. The highest BCUT2D eigenvalue weighted by atomic mass is 35.5. The monoisotopic (exact) mass is 1180 g/mol. The van der Waals surface area contributed by atoms with Gasteiger partial charge in [-0.3, -0.25) is 19.2 Å². The van der Waals surface area contributed by atoms with E-state index in [1.165, 1.54) is 36.3 Å². The molecule has 0 saturated heterocycles. The summed E-state index contributed by atoms with van der Waals surface area (Å²) < 4.78 is 53.1. The SMILES string of the molecule is COC(=O)[C@H]1Cc2c([nH]c3ccccc23)[C@H](c2ccc(C(=O)OCc3cn(CCOCCOCCOCCNC(=O)c4ccc5c(c4)C4(OC5=O)c5ccc(OC(=O)C(C)C)cc5Oc5cc(OC(=O)C(C)C)ccc54)nn3)cc2)N1C(=O)CCl. The number of rotatable bonds is 23. The van der Waals surface area contributed by atoms with Gasteiger partial charge in [0, 0.05) is 63.9 Å². The third-order valence-electron chi connectivity index (χ3n) is 14.5. The number of benzene rings is 5. The number of amides is 2. The lowest BCUT2D eigenvalue weighted by molar-refractivity contribution is -0.154. The first-order valence-electron chi connectivity index (χ1n) is 27.6. The minimum absolute atomic E-state index is 0.132. The summed E-state index contributed by atoms with van der Waals surface area (Å²) in [5, 5.41) is 12.0. The van der Waals surface area contributed by atoms with Crippen LogP contribution in [-0.4, -0.2) is 132 Å². The standard InChI is InChI=1S/C62H61ClN6O16/c1-35(2)57(72)82-41-15-18-46-51(29-41)84-52-30-42(83-58(73)36(3)4)16-19-47(52)62(46)48-28-39(14-17-44(48)60(75)85-62)56(71)64-20-22-78-24-26-80-27-25-79-23-21-68-33-40(66-67-68)34-81-59(74)38-12-10-37(11-13-38)55-54-45(43-8-6-7-9-49(43)65-54)31-50(61(76)77-5)69(55)53(70)32-63/h6-19,28-30,33,35-36,50,55,65H,20-27,31-32,34H2,1-5H3,(H,64,71)/t50-,55+/m1/s1. The van der Waals surface area contributed by atoms with Gasteiger partial charge in [-0.1, -0.05) is 63.2 Å². The lowest BCUT2D eigenvalue weighted by atomic mass is 9.77. The van der Waals surface area contributed by atoms with Crippen LogP contribution in [0.4, 0.5) is 0 Å². The van der Waals surface area contributed by atoms with Crippen LogP contribution in [0.2, 0.25) is 0 Å². The van der Waals surface area contributed by atoms with Crippen molar-refractivity contribution in [3.8, 4) is 23.0 Å². The fourth-order valence-electron chi connectivity index (χ4n) is 10.3. The Morgan fingerprint density at radius 1 is 0.765 bits per heavy atom. The maximum Gasteiger partial charge on any atom is 0.340 e. The maximum absolute atomic E-state index is 13.7. The predicted octanol–water partition coefficient (Wildman–Crippen LogP) is 7.54. The van der Waals surface area contributed by atoms with Crippen molar-refractivity contribution in [2.24, 2.45) is 11.8 Å². The minimum atomic E-state index is -1.59. The second kappa shape index (κ2) is 25.9. The summed E-state index contributed by atoms with van der Waals surface area (Å²) in [5.74, 6) is -3.88. The molecule has 0 unspecified atom stereocenters. The molecular formula is C62H61ClN6O16. The molecule has 85 heavy (non-hydrogen) atoms. The van der Waals surface area contributed by atoms with Gasteiger partial charge in [0.15, 0.2) is 5.60 Å². The van der Waals surface area contributed by atoms with Crippen molar-refractivity contribution in [3.05, 3.63) is 165 Å². The summed E-state index contributed by atoms with van der Waals surface area (Å²) in [6.45, 7) is 8.89. The number of hydrogen-bond acceptors (Lipinski definition) is 18. The first-order chi connectivity index (χ1) is 41.1. The highest BCUT2D eigenvalue weighted by molar-refractivity contribution is 6.27.